The van der Waals surface area contributed by atoms with Crippen molar-refractivity contribution in [3.8, 4) is 28.4 Å². The zero-order chi connectivity index (χ0) is 29.9. The first-order valence-corrected chi connectivity index (χ1v) is 13.9. The van der Waals surface area contributed by atoms with Gasteiger partial charge in [0, 0.05) is 25.8 Å². The Bertz CT molecular complexity index is 1820. The van der Waals surface area contributed by atoms with Gasteiger partial charge in [-0.1, -0.05) is 38.1 Å². The highest BCUT2D eigenvalue weighted by Crippen LogP contribution is 2.47. The maximum absolute atomic E-state index is 15.2. The molecule has 2 aliphatic rings. The van der Waals surface area contributed by atoms with E-state index in [0.717, 1.165) is 5.56 Å². The summed E-state index contributed by atoms with van der Waals surface area (Å²) in [4.78, 5) is 43.9. The molecule has 6 rings (SSSR count). The van der Waals surface area contributed by atoms with Gasteiger partial charge < -0.3 is 19.6 Å². The van der Waals surface area contributed by atoms with E-state index in [1.807, 2.05) is 25.7 Å². The molecule has 3 aromatic heterocycles. The number of hydrogen-bond donors (Lipinski definition) is 1. The number of nitrogens with zero attached hydrogens (tertiary/aromatic N) is 6. The molecule has 42 heavy (non-hydrogen) atoms. The molecule has 0 unspecified atom stereocenters. The van der Waals surface area contributed by atoms with E-state index >= 15 is 4.39 Å². The van der Waals surface area contributed by atoms with E-state index in [1.54, 1.807) is 17.2 Å². The molecule has 0 spiro atoms. The number of ether oxygens (including phenoxy) is 1. The topological polar surface area (TPSA) is 114 Å². The van der Waals surface area contributed by atoms with Crippen LogP contribution in [0.4, 0.5) is 10.2 Å². The lowest BCUT2D eigenvalue weighted by atomic mass is 10.0. The third-order valence-electron chi connectivity index (χ3n) is 7.72. The highest BCUT2D eigenvalue weighted by atomic mass is 35.5. The molecule has 216 valence electrons. The van der Waals surface area contributed by atoms with Crippen molar-refractivity contribution in [3.05, 3.63) is 75.7 Å². The zero-order valence-corrected chi connectivity index (χ0v) is 24.0. The normalized spacial score (nSPS) is 16.3. The highest BCUT2D eigenvalue weighted by Gasteiger charge is 2.37. The maximum atomic E-state index is 15.2. The maximum Gasteiger partial charge on any atom is 0.355 e. The van der Waals surface area contributed by atoms with Gasteiger partial charge in [0.15, 0.2) is 11.4 Å². The minimum Gasteiger partial charge on any atom is -0.507 e. The van der Waals surface area contributed by atoms with Crippen LogP contribution < -0.4 is 15.3 Å². The van der Waals surface area contributed by atoms with Gasteiger partial charge in [-0.25, -0.2) is 18.7 Å². The predicted molar refractivity (Wildman–Crippen MR) is 157 cm³/mol. The Morgan fingerprint density at radius 1 is 1.26 bits per heavy atom. The van der Waals surface area contributed by atoms with E-state index in [2.05, 4.69) is 16.5 Å². The highest BCUT2D eigenvalue weighted by molar-refractivity contribution is 6.36. The zero-order valence-electron chi connectivity index (χ0n) is 23.3. The molecule has 10 nitrogen and oxygen atoms in total. The van der Waals surface area contributed by atoms with Crippen molar-refractivity contribution in [2.24, 2.45) is 0 Å². The molecular weight excluding hydrogens is 563 g/mol. The van der Waals surface area contributed by atoms with Crippen molar-refractivity contribution in [2.75, 3.05) is 31.1 Å². The van der Waals surface area contributed by atoms with Crippen molar-refractivity contribution < 1.29 is 19.0 Å². The number of carbonyl (C=O) groups excluding carboxylic acids is 1. The van der Waals surface area contributed by atoms with Crippen LogP contribution in [0.2, 0.25) is 5.02 Å². The fourth-order valence-electron chi connectivity index (χ4n) is 5.71. The van der Waals surface area contributed by atoms with Gasteiger partial charge in [0.25, 0.3) is 0 Å². The molecule has 1 fully saturated rings. The second kappa shape index (κ2) is 10.4. The van der Waals surface area contributed by atoms with Crippen LogP contribution in [0.5, 0.6) is 11.5 Å². The minimum atomic E-state index is -0.746. The second-order valence-electron chi connectivity index (χ2n) is 10.7. The number of phenolic OH excluding ortho intramolecular Hbond substituents is 1. The van der Waals surface area contributed by atoms with Crippen LogP contribution in [0, 0.1) is 12.7 Å². The number of phenols is 1. The number of piperazine rings is 1. The van der Waals surface area contributed by atoms with E-state index in [0.29, 0.717) is 42.2 Å². The van der Waals surface area contributed by atoms with Gasteiger partial charge in [-0.05, 0) is 42.7 Å². The number of hydrogen-bond acceptors (Lipinski definition) is 8. The summed E-state index contributed by atoms with van der Waals surface area (Å²) in [5.41, 5.74) is 1.10. The molecular formula is C30H28ClFN6O4. The van der Waals surface area contributed by atoms with Gasteiger partial charge in [0.1, 0.15) is 40.1 Å². The SMILES string of the molecule is C=CC(=O)N1CCN2c3nc(=O)n(-c4c(C)ccnc4C(C)C)c4nc(-c5c(O)cccc5F)c(Cl)c(c34)OC[C@@H]2C1. The van der Waals surface area contributed by atoms with Crippen LogP contribution in [-0.4, -0.2) is 67.7 Å². The van der Waals surface area contributed by atoms with Gasteiger partial charge >= 0.3 is 5.69 Å². The molecule has 0 aliphatic carbocycles. The smallest absolute Gasteiger partial charge is 0.355 e. The lowest BCUT2D eigenvalue weighted by molar-refractivity contribution is -0.126. The molecule has 1 amide bonds. The number of amides is 1. The number of anilines is 1. The van der Waals surface area contributed by atoms with Crippen molar-refractivity contribution in [2.45, 2.75) is 32.7 Å². The van der Waals surface area contributed by atoms with E-state index in [1.165, 1.54) is 28.8 Å². The molecule has 12 heteroatoms. The van der Waals surface area contributed by atoms with Crippen LogP contribution in [0.3, 0.4) is 0 Å². The quantitative estimate of drug-likeness (QED) is 0.349. The summed E-state index contributed by atoms with van der Waals surface area (Å²) in [7, 11) is 0. The van der Waals surface area contributed by atoms with E-state index < -0.39 is 11.5 Å². The van der Waals surface area contributed by atoms with E-state index in [4.69, 9.17) is 21.3 Å². The predicted octanol–water partition coefficient (Wildman–Crippen LogP) is 4.37. The third-order valence-corrected chi connectivity index (χ3v) is 8.07. The van der Waals surface area contributed by atoms with E-state index in [-0.39, 0.29) is 57.9 Å². The standard InChI is InChI=1S/C30H28ClFN6O4/c1-5-20(40)36-11-12-37-17(13-36)14-42-27-22-28(37)35-30(41)38(26-16(4)9-10-33-24(26)15(2)3)29(22)34-25(23(27)31)21-18(32)7-6-8-19(21)39/h5-10,15,17,39H,1,11-14H2,2-4H3/t17-/m0/s1. The average Bonchev–Trinajstić information content (AvgIpc) is 3.12. The van der Waals surface area contributed by atoms with Crippen molar-refractivity contribution in [3.63, 3.8) is 0 Å². The summed E-state index contributed by atoms with van der Waals surface area (Å²) in [6.45, 7) is 10.5. The Labute approximate surface area is 245 Å². The molecule has 5 heterocycles. The Morgan fingerprint density at radius 2 is 2.05 bits per heavy atom. The number of aromatic nitrogens is 4. The Hall–Kier alpha value is -4.51. The monoisotopic (exact) mass is 590 g/mol. The van der Waals surface area contributed by atoms with Crippen molar-refractivity contribution in [1.29, 1.82) is 0 Å². The number of halogens is 2. The second-order valence-corrected chi connectivity index (χ2v) is 11.0. The molecule has 1 N–H and O–H groups in total. The summed E-state index contributed by atoms with van der Waals surface area (Å²) in [6, 6.07) is 5.31. The number of pyridine rings is 2. The number of aryl methyl sites for hydroxylation is 1. The van der Waals surface area contributed by atoms with Crippen LogP contribution in [-0.2, 0) is 4.79 Å². The van der Waals surface area contributed by atoms with Crippen LogP contribution in [0.1, 0.15) is 31.0 Å². The lowest BCUT2D eigenvalue weighted by Crippen LogP contribution is -2.56. The van der Waals surface area contributed by atoms with Crippen LogP contribution in [0.25, 0.3) is 28.0 Å². The number of benzene rings is 1. The number of fused-ring (bicyclic) bond motifs is 2. The molecule has 0 saturated carbocycles. The van der Waals surface area contributed by atoms with Crippen LogP contribution in [0.15, 0.2) is 47.9 Å². The van der Waals surface area contributed by atoms with Gasteiger partial charge in [-0.15, -0.1) is 0 Å². The van der Waals surface area contributed by atoms with Gasteiger partial charge in [-0.2, -0.15) is 4.98 Å². The van der Waals surface area contributed by atoms with Crippen molar-refractivity contribution >= 4 is 34.4 Å². The third kappa shape index (κ3) is 4.27. The summed E-state index contributed by atoms with van der Waals surface area (Å²) < 4.78 is 22.9. The summed E-state index contributed by atoms with van der Waals surface area (Å²) in [6.07, 6.45) is 2.93. The summed E-state index contributed by atoms with van der Waals surface area (Å²) in [5, 5.41) is 11.0. The van der Waals surface area contributed by atoms with Crippen molar-refractivity contribution in [1.82, 2.24) is 24.4 Å². The Kier molecular flexibility index (Phi) is 6.84. The lowest BCUT2D eigenvalue weighted by Gasteiger charge is -2.40. The number of rotatable bonds is 4. The van der Waals surface area contributed by atoms with E-state index in [9.17, 15) is 14.7 Å². The number of carbonyl (C=O) groups is 1. The first-order chi connectivity index (χ1) is 20.1. The molecule has 0 radical (unpaired) electrons. The first kappa shape index (κ1) is 27.6. The summed E-state index contributed by atoms with van der Waals surface area (Å²) in [5.74, 6) is -0.932. The van der Waals surface area contributed by atoms with Crippen LogP contribution >= 0.6 is 11.6 Å². The Balaban J connectivity index is 1.71. The van der Waals surface area contributed by atoms with Gasteiger partial charge in [0.2, 0.25) is 5.91 Å². The molecule has 1 aromatic carbocycles. The Morgan fingerprint density at radius 3 is 2.76 bits per heavy atom. The van der Waals surface area contributed by atoms with Gasteiger partial charge in [0.05, 0.1) is 23.0 Å². The molecule has 1 atom stereocenters. The molecule has 2 aliphatic heterocycles. The molecule has 0 bridgehead atoms. The molecule has 4 aromatic rings. The summed E-state index contributed by atoms with van der Waals surface area (Å²) >= 11 is 6.91. The average molecular weight is 591 g/mol. The number of aromatic hydroxyl groups is 1. The fourth-order valence-corrected chi connectivity index (χ4v) is 5.99. The fraction of sp³-hybridized carbons (Fsp3) is 0.300. The largest absolute Gasteiger partial charge is 0.507 e. The van der Waals surface area contributed by atoms with Gasteiger partial charge in [-0.3, -0.25) is 9.78 Å². The molecule has 1 saturated heterocycles. The minimum absolute atomic E-state index is 0.0398. The first-order valence-electron chi connectivity index (χ1n) is 13.5.